The van der Waals surface area contributed by atoms with Gasteiger partial charge in [-0.2, -0.15) is 0 Å². The van der Waals surface area contributed by atoms with Crippen LogP contribution in [0.1, 0.15) is 5.56 Å². The van der Waals surface area contributed by atoms with E-state index in [0.29, 0.717) is 0 Å². The Morgan fingerprint density at radius 2 is 2.10 bits per heavy atom. The Morgan fingerprint density at radius 1 is 1.30 bits per heavy atom. The van der Waals surface area contributed by atoms with Gasteiger partial charge in [0.05, 0.1) is 22.5 Å². The highest BCUT2D eigenvalue weighted by Crippen LogP contribution is 2.38. The van der Waals surface area contributed by atoms with Crippen molar-refractivity contribution in [2.75, 3.05) is 11.5 Å². The van der Waals surface area contributed by atoms with Gasteiger partial charge in [-0.15, -0.1) is 11.8 Å². The van der Waals surface area contributed by atoms with E-state index >= 15 is 0 Å². The number of hydrogen-bond acceptors (Lipinski definition) is 5. The Hall–Kier alpha value is -1.53. The second kappa shape index (κ2) is 5.10. The molecule has 1 aromatic heterocycles. The summed E-state index contributed by atoms with van der Waals surface area (Å²) in [6, 6.07) is 9.52. The van der Waals surface area contributed by atoms with E-state index in [1.807, 2.05) is 18.2 Å². The second-order valence-corrected chi connectivity index (χ2v) is 8.09. The number of anilines is 1. The molecule has 1 aliphatic heterocycles. The van der Waals surface area contributed by atoms with E-state index in [1.165, 1.54) is 28.9 Å². The summed E-state index contributed by atoms with van der Waals surface area (Å²) in [7, 11) is -3.38. The number of nitrogens with zero attached hydrogens (tertiary/aromatic N) is 1. The Morgan fingerprint density at radius 3 is 2.85 bits per heavy atom. The lowest BCUT2D eigenvalue weighted by atomic mass is 10.1. The summed E-state index contributed by atoms with van der Waals surface area (Å²) in [5.74, 6) is 0.0978. The molecular weight excluding hydrogens is 292 g/mol. The summed E-state index contributed by atoms with van der Waals surface area (Å²) < 4.78 is 24.9. The fourth-order valence-electron chi connectivity index (χ4n) is 2.36. The third-order valence-corrected chi connectivity index (χ3v) is 6.68. The van der Waals surface area contributed by atoms with E-state index in [4.69, 9.17) is 5.73 Å². The molecule has 0 spiro atoms. The number of sulfone groups is 1. The molecule has 2 aromatic rings. The summed E-state index contributed by atoms with van der Waals surface area (Å²) in [5.41, 5.74) is 7.15. The summed E-state index contributed by atoms with van der Waals surface area (Å²) >= 11 is 1.63. The molecule has 20 heavy (non-hydrogen) atoms. The van der Waals surface area contributed by atoms with E-state index < -0.39 is 9.84 Å². The van der Waals surface area contributed by atoms with Crippen LogP contribution in [0.15, 0.2) is 52.5 Å². The first-order valence-electron chi connectivity index (χ1n) is 6.23. The fraction of sp³-hybridized carbons (Fsp3) is 0.214. The molecule has 0 amide bonds. The monoisotopic (exact) mass is 306 g/mol. The van der Waals surface area contributed by atoms with Gasteiger partial charge < -0.3 is 5.73 Å². The van der Waals surface area contributed by atoms with Crippen LogP contribution < -0.4 is 5.73 Å². The molecule has 4 nitrogen and oxygen atoms in total. The maximum absolute atomic E-state index is 12.4. The van der Waals surface area contributed by atoms with Gasteiger partial charge in [0.2, 0.25) is 0 Å². The first-order chi connectivity index (χ1) is 9.56. The van der Waals surface area contributed by atoms with Gasteiger partial charge in [0, 0.05) is 16.3 Å². The normalized spacial score (nSPS) is 17.9. The van der Waals surface area contributed by atoms with Crippen LogP contribution in [0.3, 0.4) is 0 Å². The van der Waals surface area contributed by atoms with Crippen LogP contribution in [0, 0.1) is 0 Å². The van der Waals surface area contributed by atoms with Crippen molar-refractivity contribution in [2.45, 2.75) is 21.5 Å². The number of nitrogens with two attached hydrogens (primary N) is 1. The second-order valence-electron chi connectivity index (χ2n) is 4.75. The number of hydrogen-bond donors (Lipinski definition) is 1. The van der Waals surface area contributed by atoms with Gasteiger partial charge in [-0.25, -0.2) is 8.42 Å². The van der Waals surface area contributed by atoms with Crippen LogP contribution in [0.4, 0.5) is 5.69 Å². The Balaban J connectivity index is 1.81. The summed E-state index contributed by atoms with van der Waals surface area (Å²) in [5, 5.41) is 0.0463. The Bertz CT molecular complexity index is 719. The van der Waals surface area contributed by atoms with Crippen molar-refractivity contribution in [3.05, 3.63) is 48.3 Å². The van der Waals surface area contributed by atoms with Crippen molar-refractivity contribution in [3.8, 4) is 0 Å². The highest BCUT2D eigenvalue weighted by atomic mass is 32.2. The summed E-state index contributed by atoms with van der Waals surface area (Å²) in [6.07, 6.45) is 3.62. The van der Waals surface area contributed by atoms with Crippen molar-refractivity contribution < 1.29 is 8.42 Å². The minimum absolute atomic E-state index is 0.0463. The van der Waals surface area contributed by atoms with Gasteiger partial charge in [0.1, 0.15) is 0 Å². The largest absolute Gasteiger partial charge is 0.396 e. The number of nitrogen functional groups attached to an aromatic ring is 1. The molecule has 1 aromatic carbocycles. The average Bonchev–Trinajstić information content (AvgIpc) is 2.80. The highest BCUT2D eigenvalue weighted by Gasteiger charge is 2.28. The van der Waals surface area contributed by atoms with E-state index in [1.54, 1.807) is 11.8 Å². The van der Waals surface area contributed by atoms with Gasteiger partial charge >= 0.3 is 0 Å². The minimum Gasteiger partial charge on any atom is -0.396 e. The zero-order valence-electron chi connectivity index (χ0n) is 10.7. The number of fused-ring (bicyclic) bond motifs is 1. The SMILES string of the molecule is Nc1cnccc1S(=O)(=O)CC1Cc2ccccc2S1. The maximum atomic E-state index is 12.4. The van der Waals surface area contributed by atoms with Crippen molar-refractivity contribution in [2.24, 2.45) is 0 Å². The van der Waals surface area contributed by atoms with E-state index in [0.717, 1.165) is 6.42 Å². The zero-order chi connectivity index (χ0) is 14.2. The molecular formula is C14H14N2O2S2. The first-order valence-corrected chi connectivity index (χ1v) is 8.76. The smallest absolute Gasteiger partial charge is 0.181 e. The van der Waals surface area contributed by atoms with E-state index in [9.17, 15) is 8.42 Å². The molecule has 104 valence electrons. The summed E-state index contributed by atoms with van der Waals surface area (Å²) in [6.45, 7) is 0. The van der Waals surface area contributed by atoms with Crippen molar-refractivity contribution in [1.29, 1.82) is 0 Å². The van der Waals surface area contributed by atoms with Crippen LogP contribution in [0.25, 0.3) is 0 Å². The highest BCUT2D eigenvalue weighted by molar-refractivity contribution is 8.01. The molecule has 0 radical (unpaired) electrons. The predicted molar refractivity (Wildman–Crippen MR) is 80.5 cm³/mol. The molecule has 3 rings (SSSR count). The first kappa shape index (κ1) is 13.5. The van der Waals surface area contributed by atoms with Crippen LogP contribution >= 0.6 is 11.8 Å². The number of rotatable bonds is 3. The average molecular weight is 306 g/mol. The molecule has 2 N–H and O–H groups in total. The summed E-state index contributed by atoms with van der Waals surface area (Å²) in [4.78, 5) is 5.19. The standard InChI is InChI=1S/C14H14N2O2S2/c15-12-8-16-6-5-14(12)20(17,18)9-11-7-10-3-1-2-4-13(10)19-11/h1-6,8,11H,7,9,15H2. The van der Waals surface area contributed by atoms with Crippen LogP contribution in [0.5, 0.6) is 0 Å². The lowest BCUT2D eigenvalue weighted by Gasteiger charge is -2.11. The lowest BCUT2D eigenvalue weighted by Crippen LogP contribution is -2.19. The fourth-order valence-corrected chi connectivity index (χ4v) is 5.72. The molecule has 1 unspecified atom stereocenters. The molecule has 2 heterocycles. The van der Waals surface area contributed by atoms with Crippen molar-refractivity contribution in [1.82, 2.24) is 4.98 Å². The molecule has 0 bridgehead atoms. The van der Waals surface area contributed by atoms with Crippen molar-refractivity contribution in [3.63, 3.8) is 0 Å². The van der Waals surface area contributed by atoms with Crippen LogP contribution in [0.2, 0.25) is 0 Å². The molecule has 1 aliphatic rings. The molecule has 0 fully saturated rings. The van der Waals surface area contributed by atoms with Crippen molar-refractivity contribution >= 4 is 27.3 Å². The quantitative estimate of drug-likeness (QED) is 0.940. The zero-order valence-corrected chi connectivity index (χ0v) is 12.3. The number of benzene rings is 1. The van der Waals surface area contributed by atoms with E-state index in [2.05, 4.69) is 11.1 Å². The van der Waals surface area contributed by atoms with Gasteiger partial charge in [-0.05, 0) is 24.1 Å². The lowest BCUT2D eigenvalue weighted by molar-refractivity contribution is 0.594. The van der Waals surface area contributed by atoms with Gasteiger partial charge in [-0.3, -0.25) is 4.98 Å². The predicted octanol–water partition coefficient (Wildman–Crippen LogP) is 2.15. The molecule has 0 aliphatic carbocycles. The topological polar surface area (TPSA) is 73.0 Å². The third-order valence-electron chi connectivity index (χ3n) is 3.26. The minimum atomic E-state index is -3.38. The number of thioether (sulfide) groups is 1. The van der Waals surface area contributed by atoms with Gasteiger partial charge in [0.15, 0.2) is 9.84 Å². The third kappa shape index (κ3) is 2.53. The number of aromatic nitrogens is 1. The van der Waals surface area contributed by atoms with Crippen LogP contribution in [-0.4, -0.2) is 24.4 Å². The Kier molecular flexibility index (Phi) is 3.43. The number of pyridine rings is 1. The molecule has 0 saturated heterocycles. The maximum Gasteiger partial charge on any atom is 0.181 e. The molecule has 6 heteroatoms. The molecule has 1 atom stereocenters. The Labute approximate surface area is 122 Å². The van der Waals surface area contributed by atoms with Gasteiger partial charge in [0.25, 0.3) is 0 Å². The van der Waals surface area contributed by atoms with E-state index in [-0.39, 0.29) is 21.6 Å². The van der Waals surface area contributed by atoms with Crippen LogP contribution in [-0.2, 0) is 16.3 Å². The van der Waals surface area contributed by atoms with Gasteiger partial charge in [-0.1, -0.05) is 18.2 Å². The molecule has 0 saturated carbocycles.